The Balaban J connectivity index is 2.57. The van der Waals surface area contributed by atoms with Crippen LogP contribution in [0.25, 0.3) is 0 Å². The number of halogens is 2. The third kappa shape index (κ3) is 0.928. The summed E-state index contributed by atoms with van der Waals surface area (Å²) in [6.45, 7) is 0.0903. The minimum absolute atomic E-state index is 0.167. The largest absolute Gasteiger partial charge is 0.266 e. The lowest BCUT2D eigenvalue weighted by Crippen LogP contribution is -2.24. The van der Waals surface area contributed by atoms with Crippen molar-refractivity contribution in [2.24, 2.45) is 4.99 Å². The summed E-state index contributed by atoms with van der Waals surface area (Å²) in [5.74, 6) is 0. The summed E-state index contributed by atoms with van der Waals surface area (Å²) in [6, 6.07) is 0. The highest BCUT2D eigenvalue weighted by molar-refractivity contribution is 5.45. The fourth-order valence-corrected chi connectivity index (χ4v) is 0.426. The van der Waals surface area contributed by atoms with Crippen LogP contribution in [0, 0.1) is 0 Å². The molecule has 0 radical (unpaired) electrons. The van der Waals surface area contributed by atoms with Gasteiger partial charge in [0.2, 0.25) is 0 Å². The van der Waals surface area contributed by atoms with Crippen molar-refractivity contribution in [3.63, 3.8) is 0 Å². The molecule has 2 nitrogen and oxygen atoms in total. The van der Waals surface area contributed by atoms with Gasteiger partial charge in [0.05, 0.1) is 0 Å². The van der Waals surface area contributed by atoms with Gasteiger partial charge in [-0.05, 0) is 0 Å². The first kappa shape index (κ1) is 4.64. The zero-order valence-electron chi connectivity index (χ0n) is 3.64. The molecule has 0 aromatic heterocycles. The fraction of sp³-hybridized carbons (Fsp3) is 0.667. The Hall–Kier alpha value is -0.510. The van der Waals surface area contributed by atoms with Gasteiger partial charge in [0.1, 0.15) is 11.5 Å². The van der Waals surface area contributed by atoms with Gasteiger partial charge in [-0.25, -0.2) is 4.99 Å². The van der Waals surface area contributed by atoms with Crippen LogP contribution in [0.5, 0.6) is 0 Å². The topological polar surface area (TPSA) is 12.4 Å². The smallest absolute Gasteiger partial charge is 0.229 e. The van der Waals surface area contributed by atoms with Gasteiger partial charge in [0, 0.05) is 8.96 Å². The van der Waals surface area contributed by atoms with E-state index < -0.39 is 4.93 Å². The molecular formula is C3H5F2N2+. The van der Waals surface area contributed by atoms with E-state index in [1.54, 1.807) is 0 Å². The molecule has 0 bridgehead atoms. The molecular weight excluding hydrogens is 102 g/mol. The van der Waals surface area contributed by atoms with E-state index in [-0.39, 0.29) is 13.1 Å². The van der Waals surface area contributed by atoms with Crippen LogP contribution in [-0.4, -0.2) is 24.4 Å². The molecule has 0 aliphatic carbocycles. The average molecular weight is 107 g/mol. The highest BCUT2D eigenvalue weighted by Crippen LogP contribution is 2.08. The molecule has 0 spiro atoms. The van der Waals surface area contributed by atoms with E-state index in [4.69, 9.17) is 0 Å². The van der Waals surface area contributed by atoms with Crippen molar-refractivity contribution in [2.45, 2.75) is 0 Å². The van der Waals surface area contributed by atoms with Gasteiger partial charge in [-0.2, -0.15) is 0 Å². The Morgan fingerprint density at radius 1 is 1.57 bits per heavy atom. The maximum absolute atomic E-state index is 11.7. The minimum Gasteiger partial charge on any atom is -0.229 e. The van der Waals surface area contributed by atoms with Crippen LogP contribution >= 0.6 is 0 Å². The zero-order valence-corrected chi connectivity index (χ0v) is 3.64. The first-order chi connectivity index (χ1) is 3.21. The lowest BCUT2D eigenvalue weighted by molar-refractivity contribution is -1.09. The molecule has 7 heavy (non-hydrogen) atoms. The van der Waals surface area contributed by atoms with E-state index in [1.807, 2.05) is 0 Å². The van der Waals surface area contributed by atoms with Gasteiger partial charge >= 0.3 is 0 Å². The number of nitrogens with zero attached hydrogens (tertiary/aromatic N) is 2. The minimum atomic E-state index is -2.04. The van der Waals surface area contributed by atoms with Gasteiger partial charge in [-0.3, -0.25) is 0 Å². The highest BCUT2D eigenvalue weighted by atomic mass is 19.4. The van der Waals surface area contributed by atoms with E-state index in [2.05, 4.69) is 4.99 Å². The van der Waals surface area contributed by atoms with Gasteiger partial charge in [-0.15, -0.1) is 0 Å². The molecule has 40 valence electrons. The molecule has 0 aromatic carbocycles. The third-order valence-electron chi connectivity index (χ3n) is 0.778. The van der Waals surface area contributed by atoms with Crippen LogP contribution in [0.3, 0.4) is 0 Å². The first-order valence-corrected chi connectivity index (χ1v) is 1.99. The van der Waals surface area contributed by atoms with Crippen LogP contribution < -0.4 is 0 Å². The maximum atomic E-state index is 11.7. The molecule has 0 amide bonds. The molecule has 0 saturated carbocycles. The lowest BCUT2D eigenvalue weighted by atomic mass is 10.7. The Labute approximate surface area is 39.5 Å². The number of quaternary nitrogens is 1. The molecule has 0 unspecified atom stereocenters. The van der Waals surface area contributed by atoms with Gasteiger partial charge in [-0.1, -0.05) is 0 Å². The fourth-order valence-electron chi connectivity index (χ4n) is 0.426. The summed E-state index contributed by atoms with van der Waals surface area (Å²) in [5.41, 5.74) is 0. The second-order valence-corrected chi connectivity index (χ2v) is 1.43. The van der Waals surface area contributed by atoms with Crippen LogP contribution in [0.2, 0.25) is 0 Å². The first-order valence-electron chi connectivity index (χ1n) is 1.99. The molecule has 1 heterocycles. The normalized spacial score (nSPS) is 26.0. The summed E-state index contributed by atoms with van der Waals surface area (Å²) in [6.07, 6.45) is 0.653. The third-order valence-corrected chi connectivity index (χ3v) is 0.778. The van der Waals surface area contributed by atoms with E-state index in [0.29, 0.717) is 6.34 Å². The van der Waals surface area contributed by atoms with Crippen LogP contribution in [0.1, 0.15) is 0 Å². The second-order valence-electron chi connectivity index (χ2n) is 1.43. The van der Waals surface area contributed by atoms with Crippen molar-refractivity contribution in [2.75, 3.05) is 13.1 Å². The van der Waals surface area contributed by atoms with E-state index >= 15 is 0 Å². The number of hydrogen-bond donors (Lipinski definition) is 0. The van der Waals surface area contributed by atoms with Crippen LogP contribution in [0.15, 0.2) is 4.99 Å². The van der Waals surface area contributed by atoms with Crippen LogP contribution in [-0.2, 0) is 0 Å². The Morgan fingerprint density at radius 2 is 2.29 bits per heavy atom. The van der Waals surface area contributed by atoms with Gasteiger partial charge in [0.25, 0.3) is 6.34 Å². The average Bonchev–Trinajstić information content (AvgIpc) is 1.84. The van der Waals surface area contributed by atoms with E-state index in [9.17, 15) is 8.96 Å². The molecule has 0 fully saturated rings. The number of aliphatic imine (C=N–C) groups is 1. The lowest BCUT2D eigenvalue weighted by Gasteiger charge is -1.95. The Bertz CT molecular complexity index is 99.1. The predicted octanol–water partition coefficient (Wildman–Crippen LogP) is 0.614. The van der Waals surface area contributed by atoms with E-state index in [1.165, 1.54) is 0 Å². The molecule has 1 rings (SSSR count). The SMILES string of the molecule is F[N+]1(F)C=NCC1. The summed E-state index contributed by atoms with van der Waals surface area (Å²) in [4.78, 5) is 1.29. The van der Waals surface area contributed by atoms with Crippen molar-refractivity contribution in [3.05, 3.63) is 0 Å². The van der Waals surface area contributed by atoms with Crippen molar-refractivity contribution in [3.8, 4) is 0 Å². The van der Waals surface area contributed by atoms with E-state index in [0.717, 1.165) is 0 Å². The number of rotatable bonds is 0. The molecule has 1 aliphatic rings. The Kier molecular flexibility index (Phi) is 0.815. The molecule has 0 N–H and O–H groups in total. The molecule has 0 saturated heterocycles. The molecule has 0 aromatic rings. The summed E-state index contributed by atoms with van der Waals surface area (Å²) >= 11 is 0. The highest BCUT2D eigenvalue weighted by Gasteiger charge is 2.31. The van der Waals surface area contributed by atoms with Gasteiger partial charge in [0.15, 0.2) is 6.54 Å². The van der Waals surface area contributed by atoms with Crippen molar-refractivity contribution < 1.29 is 13.9 Å². The summed E-state index contributed by atoms with van der Waals surface area (Å²) in [5, 5.41) is 0. The molecule has 0 atom stereocenters. The predicted molar refractivity (Wildman–Crippen MR) is 20.7 cm³/mol. The summed E-state index contributed by atoms with van der Waals surface area (Å²) in [7, 11) is 0. The quantitative estimate of drug-likeness (QED) is 0.402. The molecule has 1 aliphatic heterocycles. The maximum Gasteiger partial charge on any atom is 0.266 e. The van der Waals surface area contributed by atoms with Crippen LogP contribution in [0.4, 0.5) is 8.96 Å². The van der Waals surface area contributed by atoms with Crippen molar-refractivity contribution in [1.29, 1.82) is 0 Å². The monoisotopic (exact) mass is 107 g/mol. The Morgan fingerprint density at radius 3 is 2.43 bits per heavy atom. The second kappa shape index (κ2) is 1.23. The standard InChI is InChI=1S/C3H5F2N2/c4-7(5)2-1-6-3-7/h3H,1-2H2/q+1. The van der Waals surface area contributed by atoms with Crippen molar-refractivity contribution >= 4 is 6.34 Å². The van der Waals surface area contributed by atoms with Crippen molar-refractivity contribution in [1.82, 2.24) is 0 Å². The summed E-state index contributed by atoms with van der Waals surface area (Å²) < 4.78 is 23.5. The number of hydrogen-bond acceptors (Lipinski definition) is 1. The molecule has 4 heteroatoms. The zero-order chi connectivity index (χ0) is 5.33. The van der Waals surface area contributed by atoms with Gasteiger partial charge < -0.3 is 0 Å².